The molecular weight excluding hydrogens is 136 g/mol. The molecule has 0 radical (unpaired) electrons. The highest BCUT2D eigenvalue weighted by molar-refractivity contribution is 5.36. The summed E-state index contributed by atoms with van der Waals surface area (Å²) in [4.78, 5) is 4.10. The van der Waals surface area contributed by atoms with Gasteiger partial charge in [0, 0.05) is 18.9 Å². The Labute approximate surface area is 66.9 Å². The summed E-state index contributed by atoms with van der Waals surface area (Å²) in [5.74, 6) is 0.923. The van der Waals surface area contributed by atoms with E-state index in [1.54, 1.807) is 12.3 Å². The van der Waals surface area contributed by atoms with Gasteiger partial charge >= 0.3 is 0 Å². The van der Waals surface area contributed by atoms with Crippen molar-refractivity contribution < 1.29 is 0 Å². The first kappa shape index (κ1) is 7.79. The molecule has 0 unspecified atom stereocenters. The van der Waals surface area contributed by atoms with Gasteiger partial charge in [0.1, 0.15) is 5.82 Å². The van der Waals surface area contributed by atoms with Crippen molar-refractivity contribution >= 4 is 6.08 Å². The summed E-state index contributed by atoms with van der Waals surface area (Å²) in [5, 5.41) is 0. The summed E-state index contributed by atoms with van der Waals surface area (Å²) in [6.07, 6.45) is 8.34. The highest BCUT2D eigenvalue weighted by atomic mass is 15.0. The third-order valence-electron chi connectivity index (χ3n) is 1.50. The second-order valence-corrected chi connectivity index (χ2v) is 2.26. The average Bonchev–Trinajstić information content (AvgIpc) is 2.47. The molecule has 58 valence electrons. The molecule has 0 aliphatic rings. The zero-order valence-electron chi connectivity index (χ0n) is 6.53. The number of hydrogen-bond donors (Lipinski definition) is 0. The van der Waals surface area contributed by atoms with Crippen LogP contribution in [0, 0.1) is 0 Å². The van der Waals surface area contributed by atoms with Crippen molar-refractivity contribution in [3.8, 4) is 0 Å². The highest BCUT2D eigenvalue weighted by Crippen LogP contribution is 2.00. The van der Waals surface area contributed by atoms with Gasteiger partial charge in [-0.25, -0.2) is 4.98 Å². The number of allylic oxidation sites excluding steroid dienone is 1. The number of imidazole rings is 1. The number of aromatic nitrogens is 2. The maximum atomic E-state index is 4.10. The topological polar surface area (TPSA) is 17.8 Å². The highest BCUT2D eigenvalue weighted by Gasteiger charge is 1.94. The van der Waals surface area contributed by atoms with Gasteiger partial charge < -0.3 is 4.57 Å². The van der Waals surface area contributed by atoms with Crippen LogP contribution < -0.4 is 0 Å². The van der Waals surface area contributed by atoms with Gasteiger partial charge in [-0.1, -0.05) is 12.7 Å². The van der Waals surface area contributed by atoms with Crippen molar-refractivity contribution in [2.24, 2.45) is 0 Å². The molecule has 0 aliphatic carbocycles. The van der Waals surface area contributed by atoms with Crippen LogP contribution in [0.2, 0.25) is 0 Å². The van der Waals surface area contributed by atoms with Gasteiger partial charge in [-0.3, -0.25) is 0 Å². The van der Waals surface area contributed by atoms with E-state index in [2.05, 4.69) is 22.7 Å². The molecule has 0 N–H and O–H groups in total. The molecule has 0 bridgehead atoms. The lowest BCUT2D eigenvalue weighted by Crippen LogP contribution is -1.97. The molecular formula is C9H12N2. The van der Waals surface area contributed by atoms with Crippen LogP contribution in [0.5, 0.6) is 0 Å². The van der Waals surface area contributed by atoms with E-state index in [0.717, 1.165) is 18.8 Å². The minimum absolute atomic E-state index is 0.923. The standard InChI is InChI=1S/C9H12N2/c1-3-5-7-11-8-6-10-9(11)4-2/h3-4,6,8H,1-2,5,7H2. The fourth-order valence-electron chi connectivity index (χ4n) is 0.930. The molecule has 11 heavy (non-hydrogen) atoms. The summed E-state index contributed by atoms with van der Waals surface area (Å²) in [5.41, 5.74) is 0. The Hall–Kier alpha value is -1.31. The molecule has 1 aromatic heterocycles. The third-order valence-corrected chi connectivity index (χ3v) is 1.50. The fourth-order valence-corrected chi connectivity index (χ4v) is 0.930. The van der Waals surface area contributed by atoms with Crippen molar-refractivity contribution in [3.05, 3.63) is 37.5 Å². The quantitative estimate of drug-likeness (QED) is 0.598. The summed E-state index contributed by atoms with van der Waals surface area (Å²) < 4.78 is 2.05. The molecule has 0 aromatic carbocycles. The van der Waals surface area contributed by atoms with Crippen LogP contribution in [0.25, 0.3) is 6.08 Å². The summed E-state index contributed by atoms with van der Waals surface area (Å²) in [7, 11) is 0. The third kappa shape index (κ3) is 1.80. The number of nitrogens with zero attached hydrogens (tertiary/aromatic N) is 2. The fraction of sp³-hybridized carbons (Fsp3) is 0.222. The first-order valence-corrected chi connectivity index (χ1v) is 3.63. The Balaban J connectivity index is 2.67. The maximum absolute atomic E-state index is 4.10. The molecule has 2 heteroatoms. The van der Waals surface area contributed by atoms with E-state index in [1.165, 1.54) is 0 Å². The van der Waals surface area contributed by atoms with E-state index in [4.69, 9.17) is 0 Å². The van der Waals surface area contributed by atoms with Crippen molar-refractivity contribution in [1.82, 2.24) is 9.55 Å². The van der Waals surface area contributed by atoms with Gasteiger partial charge in [-0.05, 0) is 12.5 Å². The largest absolute Gasteiger partial charge is 0.331 e. The maximum Gasteiger partial charge on any atom is 0.131 e. The van der Waals surface area contributed by atoms with Gasteiger partial charge in [-0.2, -0.15) is 0 Å². The van der Waals surface area contributed by atoms with Crippen LogP contribution in [-0.2, 0) is 6.54 Å². The van der Waals surface area contributed by atoms with Crippen molar-refractivity contribution in [2.75, 3.05) is 0 Å². The van der Waals surface area contributed by atoms with Crippen molar-refractivity contribution in [3.63, 3.8) is 0 Å². The van der Waals surface area contributed by atoms with E-state index in [-0.39, 0.29) is 0 Å². The van der Waals surface area contributed by atoms with Crippen LogP contribution in [0.4, 0.5) is 0 Å². The zero-order valence-corrected chi connectivity index (χ0v) is 6.53. The Bertz CT molecular complexity index is 248. The lowest BCUT2D eigenvalue weighted by atomic mass is 10.4. The summed E-state index contributed by atoms with van der Waals surface area (Å²) in [6, 6.07) is 0. The van der Waals surface area contributed by atoms with E-state index in [9.17, 15) is 0 Å². The van der Waals surface area contributed by atoms with Crippen LogP contribution in [0.3, 0.4) is 0 Å². The molecule has 1 aromatic rings. The van der Waals surface area contributed by atoms with Gasteiger partial charge in [-0.15, -0.1) is 6.58 Å². The zero-order chi connectivity index (χ0) is 8.10. The molecule has 0 aliphatic heterocycles. The Kier molecular flexibility index (Phi) is 2.66. The normalized spacial score (nSPS) is 9.45. The van der Waals surface area contributed by atoms with Crippen LogP contribution in [-0.4, -0.2) is 9.55 Å². The van der Waals surface area contributed by atoms with E-state index in [0.29, 0.717) is 0 Å². The Morgan fingerprint density at radius 2 is 2.36 bits per heavy atom. The van der Waals surface area contributed by atoms with Gasteiger partial charge in [0.15, 0.2) is 0 Å². The van der Waals surface area contributed by atoms with Crippen molar-refractivity contribution in [1.29, 1.82) is 0 Å². The van der Waals surface area contributed by atoms with E-state index in [1.807, 2.05) is 12.3 Å². The van der Waals surface area contributed by atoms with Gasteiger partial charge in [0.25, 0.3) is 0 Å². The van der Waals surface area contributed by atoms with Crippen LogP contribution in [0.1, 0.15) is 12.2 Å². The minimum atomic E-state index is 0.923. The Morgan fingerprint density at radius 1 is 1.55 bits per heavy atom. The number of aryl methyl sites for hydroxylation is 1. The smallest absolute Gasteiger partial charge is 0.131 e. The average molecular weight is 148 g/mol. The number of hydrogen-bond acceptors (Lipinski definition) is 1. The first-order chi connectivity index (χ1) is 5.38. The lowest BCUT2D eigenvalue weighted by Gasteiger charge is -2.00. The first-order valence-electron chi connectivity index (χ1n) is 3.63. The molecule has 0 spiro atoms. The SMILES string of the molecule is C=CCCn1ccnc1C=C. The molecule has 1 heterocycles. The second-order valence-electron chi connectivity index (χ2n) is 2.26. The molecule has 1 rings (SSSR count). The molecule has 0 amide bonds. The molecule has 2 nitrogen and oxygen atoms in total. The number of rotatable bonds is 4. The molecule has 0 saturated heterocycles. The lowest BCUT2D eigenvalue weighted by molar-refractivity contribution is 0.703. The molecule has 0 fully saturated rings. The predicted molar refractivity (Wildman–Crippen MR) is 47.1 cm³/mol. The van der Waals surface area contributed by atoms with E-state index < -0.39 is 0 Å². The summed E-state index contributed by atoms with van der Waals surface area (Å²) >= 11 is 0. The van der Waals surface area contributed by atoms with Gasteiger partial charge in [0.05, 0.1) is 0 Å². The van der Waals surface area contributed by atoms with Gasteiger partial charge in [0.2, 0.25) is 0 Å². The van der Waals surface area contributed by atoms with E-state index >= 15 is 0 Å². The predicted octanol–water partition coefficient (Wildman–Crippen LogP) is 2.10. The molecule has 0 saturated carbocycles. The van der Waals surface area contributed by atoms with Crippen molar-refractivity contribution in [2.45, 2.75) is 13.0 Å². The Morgan fingerprint density at radius 3 is 3.00 bits per heavy atom. The van der Waals surface area contributed by atoms with Crippen LogP contribution >= 0.6 is 0 Å². The monoisotopic (exact) mass is 148 g/mol. The summed E-state index contributed by atoms with van der Waals surface area (Å²) in [6.45, 7) is 8.25. The van der Waals surface area contributed by atoms with Crippen LogP contribution in [0.15, 0.2) is 31.6 Å². The minimum Gasteiger partial charge on any atom is -0.331 e. The molecule has 0 atom stereocenters. The second kappa shape index (κ2) is 3.76.